The molecule has 0 saturated carbocycles. The first-order valence-electron chi connectivity index (χ1n) is 4.51. The van der Waals surface area contributed by atoms with Crippen LogP contribution in [-0.4, -0.2) is 24.7 Å². The molecule has 0 bridgehead atoms. The van der Waals surface area contributed by atoms with Gasteiger partial charge in [-0.2, -0.15) is 0 Å². The number of nitrogens with one attached hydrogen (secondary N) is 1. The van der Waals surface area contributed by atoms with Crippen molar-refractivity contribution in [3.63, 3.8) is 0 Å². The average Bonchev–Trinajstić information content (AvgIpc) is 2.13. The minimum atomic E-state index is 0.235. The number of hydrogen-bond acceptors (Lipinski definition) is 3. The lowest BCUT2D eigenvalue weighted by Crippen LogP contribution is -2.21. The Hall–Kier alpha value is -0.800. The van der Waals surface area contributed by atoms with Crippen LogP contribution in [0, 0.1) is 6.92 Å². The van der Waals surface area contributed by atoms with Gasteiger partial charge in [-0.25, -0.2) is 0 Å². The average molecular weight is 215 g/mol. The second-order valence-corrected chi connectivity index (χ2v) is 3.64. The third-order valence-electron chi connectivity index (χ3n) is 1.88. The van der Waals surface area contributed by atoms with Crippen molar-refractivity contribution in [2.75, 3.05) is 19.0 Å². The van der Waals surface area contributed by atoms with Gasteiger partial charge in [0.25, 0.3) is 0 Å². The van der Waals surface area contributed by atoms with E-state index in [0.717, 1.165) is 11.4 Å². The zero-order valence-electron chi connectivity index (χ0n) is 8.67. The van der Waals surface area contributed by atoms with E-state index in [1.165, 1.54) is 0 Å². The predicted octanol–water partition coefficient (Wildman–Crippen LogP) is 2.49. The summed E-state index contributed by atoms with van der Waals surface area (Å²) < 4.78 is 5.02. The fourth-order valence-corrected chi connectivity index (χ4v) is 1.38. The maximum atomic E-state index is 6.07. The Labute approximate surface area is 89.4 Å². The van der Waals surface area contributed by atoms with E-state index < -0.39 is 0 Å². The normalized spacial score (nSPS) is 12.6. The number of aromatic nitrogens is 1. The van der Waals surface area contributed by atoms with Gasteiger partial charge in [0.2, 0.25) is 0 Å². The van der Waals surface area contributed by atoms with Crippen molar-refractivity contribution in [3.8, 4) is 0 Å². The molecule has 1 aromatic rings. The minimum absolute atomic E-state index is 0.235. The molecule has 1 aromatic heterocycles. The van der Waals surface area contributed by atoms with Crippen LogP contribution in [-0.2, 0) is 4.74 Å². The van der Waals surface area contributed by atoms with Crippen LogP contribution < -0.4 is 5.32 Å². The number of nitrogens with zero attached hydrogens (tertiary/aromatic N) is 1. The van der Waals surface area contributed by atoms with E-state index in [4.69, 9.17) is 16.3 Å². The molecule has 0 amide bonds. The highest BCUT2D eigenvalue weighted by Gasteiger charge is 2.06. The monoisotopic (exact) mass is 214 g/mol. The topological polar surface area (TPSA) is 34.1 Å². The molecule has 1 atom stereocenters. The van der Waals surface area contributed by atoms with Gasteiger partial charge in [0, 0.05) is 19.3 Å². The summed E-state index contributed by atoms with van der Waals surface area (Å²) in [5.74, 6) is 0. The third-order valence-corrected chi connectivity index (χ3v) is 2.36. The number of anilines is 1. The van der Waals surface area contributed by atoms with E-state index >= 15 is 0 Å². The number of rotatable bonds is 4. The molecule has 0 saturated heterocycles. The molecule has 0 fully saturated rings. The number of pyridine rings is 1. The van der Waals surface area contributed by atoms with E-state index in [9.17, 15) is 0 Å². The van der Waals surface area contributed by atoms with Gasteiger partial charge < -0.3 is 10.1 Å². The van der Waals surface area contributed by atoms with Gasteiger partial charge in [0.1, 0.15) is 0 Å². The number of hydrogen-bond donors (Lipinski definition) is 1. The summed E-state index contributed by atoms with van der Waals surface area (Å²) in [4.78, 5) is 4.09. The number of halogens is 1. The molecule has 0 aliphatic carbocycles. The maximum absolute atomic E-state index is 6.07. The molecule has 0 unspecified atom stereocenters. The highest BCUT2D eigenvalue weighted by Crippen LogP contribution is 2.23. The van der Waals surface area contributed by atoms with Crippen molar-refractivity contribution in [1.82, 2.24) is 4.98 Å². The summed E-state index contributed by atoms with van der Waals surface area (Å²) in [6, 6.07) is 2.10. The van der Waals surface area contributed by atoms with Gasteiger partial charge in [-0.3, -0.25) is 4.98 Å². The van der Waals surface area contributed by atoms with E-state index in [0.29, 0.717) is 11.6 Å². The van der Waals surface area contributed by atoms with E-state index in [1.807, 2.05) is 19.9 Å². The molecule has 0 aliphatic rings. The van der Waals surface area contributed by atoms with Crippen LogP contribution in [0.5, 0.6) is 0 Å². The fraction of sp³-hybridized carbons (Fsp3) is 0.500. The smallest absolute Gasteiger partial charge is 0.0849 e. The van der Waals surface area contributed by atoms with Crippen molar-refractivity contribution in [3.05, 3.63) is 23.0 Å². The molecular formula is C10H15ClN2O. The highest BCUT2D eigenvalue weighted by atomic mass is 35.5. The van der Waals surface area contributed by atoms with Crippen molar-refractivity contribution in [2.45, 2.75) is 19.9 Å². The summed E-state index contributed by atoms with van der Waals surface area (Å²) in [6.45, 7) is 4.57. The van der Waals surface area contributed by atoms with Crippen LogP contribution in [0.3, 0.4) is 0 Å². The van der Waals surface area contributed by atoms with Gasteiger partial charge in [0.15, 0.2) is 0 Å². The van der Waals surface area contributed by atoms with Gasteiger partial charge in [-0.15, -0.1) is 0 Å². The van der Waals surface area contributed by atoms with Crippen molar-refractivity contribution in [1.29, 1.82) is 0 Å². The van der Waals surface area contributed by atoms with E-state index in [-0.39, 0.29) is 6.04 Å². The van der Waals surface area contributed by atoms with E-state index in [1.54, 1.807) is 13.3 Å². The molecule has 0 aromatic carbocycles. The van der Waals surface area contributed by atoms with Crippen LogP contribution in [0.25, 0.3) is 0 Å². The highest BCUT2D eigenvalue weighted by molar-refractivity contribution is 6.33. The Morgan fingerprint density at radius 1 is 1.64 bits per heavy atom. The lowest BCUT2D eigenvalue weighted by Gasteiger charge is -2.15. The van der Waals surface area contributed by atoms with Crippen LogP contribution in [0.15, 0.2) is 12.3 Å². The Morgan fingerprint density at radius 2 is 2.36 bits per heavy atom. The Bertz CT molecular complexity index is 304. The summed E-state index contributed by atoms with van der Waals surface area (Å²) in [5, 5.41) is 3.93. The van der Waals surface area contributed by atoms with Crippen LogP contribution in [0.1, 0.15) is 12.6 Å². The summed E-state index contributed by atoms with van der Waals surface area (Å²) in [6.07, 6.45) is 1.74. The zero-order valence-corrected chi connectivity index (χ0v) is 9.43. The molecule has 4 heteroatoms. The molecule has 0 spiro atoms. The summed E-state index contributed by atoms with van der Waals surface area (Å²) in [7, 11) is 1.68. The molecule has 1 N–H and O–H groups in total. The molecular weight excluding hydrogens is 200 g/mol. The molecule has 0 aliphatic heterocycles. The fourth-order valence-electron chi connectivity index (χ4n) is 1.22. The number of aryl methyl sites for hydroxylation is 1. The Morgan fingerprint density at radius 3 is 3.00 bits per heavy atom. The molecule has 1 heterocycles. The van der Waals surface area contributed by atoms with E-state index in [2.05, 4.69) is 10.3 Å². The Balaban J connectivity index is 2.71. The molecule has 14 heavy (non-hydrogen) atoms. The van der Waals surface area contributed by atoms with Crippen molar-refractivity contribution < 1.29 is 4.74 Å². The summed E-state index contributed by atoms with van der Waals surface area (Å²) >= 11 is 6.07. The standard InChI is InChI=1S/C10H15ClN2O/c1-7(6-14-3)13-9-4-5-12-8(2)10(9)11/h4-5,7H,6H2,1-3H3,(H,12,13)/t7-/m1/s1. The molecule has 0 radical (unpaired) electrons. The first kappa shape index (κ1) is 11.3. The first-order chi connectivity index (χ1) is 6.65. The first-order valence-corrected chi connectivity index (χ1v) is 4.89. The van der Waals surface area contributed by atoms with Crippen molar-refractivity contribution in [2.24, 2.45) is 0 Å². The minimum Gasteiger partial charge on any atom is -0.383 e. The molecule has 78 valence electrons. The zero-order chi connectivity index (χ0) is 10.6. The molecule has 3 nitrogen and oxygen atoms in total. The van der Waals surface area contributed by atoms with Crippen LogP contribution in [0.2, 0.25) is 5.02 Å². The molecule has 1 rings (SSSR count). The van der Waals surface area contributed by atoms with Gasteiger partial charge in [-0.05, 0) is 19.9 Å². The van der Waals surface area contributed by atoms with Crippen LogP contribution in [0.4, 0.5) is 5.69 Å². The number of methoxy groups -OCH3 is 1. The van der Waals surface area contributed by atoms with Gasteiger partial charge >= 0.3 is 0 Å². The quantitative estimate of drug-likeness (QED) is 0.836. The van der Waals surface area contributed by atoms with Gasteiger partial charge in [-0.1, -0.05) is 11.6 Å². The van der Waals surface area contributed by atoms with Gasteiger partial charge in [0.05, 0.1) is 23.0 Å². The lowest BCUT2D eigenvalue weighted by molar-refractivity contribution is 0.190. The SMILES string of the molecule is COC[C@@H](C)Nc1ccnc(C)c1Cl. The second-order valence-electron chi connectivity index (χ2n) is 3.26. The lowest BCUT2D eigenvalue weighted by atomic mass is 10.3. The number of ether oxygens (including phenoxy) is 1. The predicted molar refractivity (Wildman–Crippen MR) is 58.9 cm³/mol. The second kappa shape index (κ2) is 5.17. The van der Waals surface area contributed by atoms with Crippen molar-refractivity contribution >= 4 is 17.3 Å². The maximum Gasteiger partial charge on any atom is 0.0849 e. The largest absolute Gasteiger partial charge is 0.383 e. The summed E-state index contributed by atoms with van der Waals surface area (Å²) in [5.41, 5.74) is 1.74. The van der Waals surface area contributed by atoms with Crippen LogP contribution >= 0.6 is 11.6 Å². The Kier molecular flexibility index (Phi) is 4.17. The third kappa shape index (κ3) is 2.86.